The van der Waals surface area contributed by atoms with Gasteiger partial charge in [0.15, 0.2) is 6.10 Å². The van der Waals surface area contributed by atoms with Crippen molar-refractivity contribution in [3.05, 3.63) is 48.6 Å². The molecular formula is C76H140O6. The number of hydrogen-bond donors (Lipinski definition) is 0. The maximum atomic E-state index is 13.0. The number of allylic oxidation sites excluding steroid dienone is 8. The number of rotatable bonds is 68. The fourth-order valence-electron chi connectivity index (χ4n) is 11.0. The third kappa shape index (κ3) is 68.2. The van der Waals surface area contributed by atoms with E-state index in [1.807, 2.05) is 0 Å². The second kappa shape index (κ2) is 70.9. The van der Waals surface area contributed by atoms with Crippen molar-refractivity contribution in [2.75, 3.05) is 13.2 Å². The quantitative estimate of drug-likeness (QED) is 0.0261. The lowest BCUT2D eigenvalue weighted by atomic mass is 10.0. The summed E-state index contributed by atoms with van der Waals surface area (Å²) in [5.41, 5.74) is 0. The van der Waals surface area contributed by atoms with Crippen molar-refractivity contribution in [2.45, 2.75) is 406 Å². The molecule has 0 saturated heterocycles. The minimum Gasteiger partial charge on any atom is -0.462 e. The lowest BCUT2D eigenvalue weighted by molar-refractivity contribution is -0.167. The third-order valence-electron chi connectivity index (χ3n) is 16.6. The van der Waals surface area contributed by atoms with Crippen LogP contribution in [-0.2, 0) is 28.6 Å². The standard InChI is InChI=1S/C76H140O6/c1-4-7-10-13-16-19-22-25-28-31-34-36-37-38-39-40-43-45-48-51-54-57-60-63-66-69-75(78)81-72-73(71-80-74(77)68-65-62-59-56-53-50-47-44-41-33-30-27-24-21-18-15-12-9-6-3)82-76(79)70-67-64-61-58-55-52-49-46-42-35-32-29-26-23-20-17-14-11-8-5-2/h18,21,27,30-31,34,41,44,73H,4-17,19-20,22-26,28-29,32-33,35-40,42-43,45-72H2,1-3H3/b21-18-,30-27-,34-31-,44-41-. The van der Waals surface area contributed by atoms with Crippen LogP contribution in [0.15, 0.2) is 48.6 Å². The smallest absolute Gasteiger partial charge is 0.306 e. The van der Waals surface area contributed by atoms with E-state index < -0.39 is 6.10 Å². The van der Waals surface area contributed by atoms with Gasteiger partial charge in [0.25, 0.3) is 0 Å². The summed E-state index contributed by atoms with van der Waals surface area (Å²) in [7, 11) is 0. The van der Waals surface area contributed by atoms with E-state index in [1.54, 1.807) is 0 Å². The van der Waals surface area contributed by atoms with E-state index in [-0.39, 0.29) is 31.1 Å². The van der Waals surface area contributed by atoms with Gasteiger partial charge < -0.3 is 14.2 Å². The molecule has 480 valence electrons. The van der Waals surface area contributed by atoms with Crippen molar-refractivity contribution in [1.29, 1.82) is 0 Å². The highest BCUT2D eigenvalue weighted by molar-refractivity contribution is 5.71. The minimum absolute atomic E-state index is 0.0728. The van der Waals surface area contributed by atoms with Crippen LogP contribution in [0.25, 0.3) is 0 Å². The number of esters is 3. The van der Waals surface area contributed by atoms with Crippen LogP contribution < -0.4 is 0 Å². The van der Waals surface area contributed by atoms with Gasteiger partial charge in [-0.05, 0) is 83.5 Å². The third-order valence-corrected chi connectivity index (χ3v) is 16.6. The Hall–Kier alpha value is -2.63. The predicted molar refractivity (Wildman–Crippen MR) is 358 cm³/mol. The predicted octanol–water partition coefficient (Wildman–Crippen LogP) is 25.3. The van der Waals surface area contributed by atoms with Crippen LogP contribution in [0.1, 0.15) is 400 Å². The fraction of sp³-hybridized carbons (Fsp3) is 0.855. The number of ether oxygens (including phenoxy) is 3. The first-order valence-electron chi connectivity index (χ1n) is 36.6. The van der Waals surface area contributed by atoms with Gasteiger partial charge in [0, 0.05) is 19.3 Å². The maximum absolute atomic E-state index is 13.0. The second-order valence-corrected chi connectivity index (χ2v) is 24.9. The largest absolute Gasteiger partial charge is 0.462 e. The SMILES string of the molecule is CCCCC/C=C\C/C=C\C/C=C\CCCCCCCCC(=O)OCC(COC(=O)CCCCCCCCCCCCCCC/C=C\CCCCCCCCCC)OC(=O)CCCCCCCCCCCCCCCCCCCCCC. The number of carbonyl (C=O) groups is 3. The molecule has 0 aliphatic carbocycles. The van der Waals surface area contributed by atoms with E-state index in [1.165, 1.54) is 283 Å². The molecule has 0 fully saturated rings. The molecule has 0 aromatic carbocycles. The zero-order valence-electron chi connectivity index (χ0n) is 55.3. The Labute approximate surface area is 511 Å². The zero-order chi connectivity index (χ0) is 59.2. The first-order chi connectivity index (χ1) is 40.5. The van der Waals surface area contributed by atoms with Crippen molar-refractivity contribution in [2.24, 2.45) is 0 Å². The molecule has 0 aliphatic heterocycles. The summed E-state index contributed by atoms with van der Waals surface area (Å²) in [4.78, 5) is 38.5. The van der Waals surface area contributed by atoms with Gasteiger partial charge in [-0.2, -0.15) is 0 Å². The average molecular weight is 1150 g/mol. The van der Waals surface area contributed by atoms with Gasteiger partial charge in [-0.1, -0.05) is 345 Å². The fourth-order valence-corrected chi connectivity index (χ4v) is 11.0. The van der Waals surface area contributed by atoms with Gasteiger partial charge in [0.05, 0.1) is 0 Å². The zero-order valence-corrected chi connectivity index (χ0v) is 55.3. The summed E-state index contributed by atoms with van der Waals surface area (Å²) in [6, 6.07) is 0. The van der Waals surface area contributed by atoms with E-state index in [9.17, 15) is 14.4 Å². The van der Waals surface area contributed by atoms with Gasteiger partial charge >= 0.3 is 17.9 Å². The molecule has 0 spiro atoms. The summed E-state index contributed by atoms with van der Waals surface area (Å²) >= 11 is 0. The summed E-state index contributed by atoms with van der Waals surface area (Å²) in [6.45, 7) is 6.68. The monoisotopic (exact) mass is 1150 g/mol. The molecule has 0 radical (unpaired) electrons. The summed E-state index contributed by atoms with van der Waals surface area (Å²) in [5.74, 6) is -0.856. The van der Waals surface area contributed by atoms with E-state index in [0.29, 0.717) is 19.3 Å². The highest BCUT2D eigenvalue weighted by Gasteiger charge is 2.19. The topological polar surface area (TPSA) is 78.9 Å². The highest BCUT2D eigenvalue weighted by atomic mass is 16.6. The van der Waals surface area contributed by atoms with Crippen LogP contribution in [0, 0.1) is 0 Å². The Kier molecular flexibility index (Phi) is 68.6. The molecule has 0 saturated carbocycles. The molecule has 0 bridgehead atoms. The Morgan fingerprint density at radius 1 is 0.244 bits per heavy atom. The van der Waals surface area contributed by atoms with Crippen molar-refractivity contribution >= 4 is 17.9 Å². The first kappa shape index (κ1) is 79.4. The van der Waals surface area contributed by atoms with Crippen LogP contribution in [-0.4, -0.2) is 37.2 Å². The summed E-state index contributed by atoms with van der Waals surface area (Å²) in [5, 5.41) is 0. The van der Waals surface area contributed by atoms with Gasteiger partial charge in [-0.25, -0.2) is 0 Å². The van der Waals surface area contributed by atoms with E-state index in [0.717, 1.165) is 77.0 Å². The number of unbranched alkanes of at least 4 members (excludes halogenated alkanes) is 49. The number of hydrogen-bond acceptors (Lipinski definition) is 6. The molecule has 0 N–H and O–H groups in total. The van der Waals surface area contributed by atoms with E-state index >= 15 is 0 Å². The molecule has 0 rings (SSSR count). The Morgan fingerprint density at radius 3 is 0.720 bits per heavy atom. The normalized spacial score (nSPS) is 12.3. The van der Waals surface area contributed by atoms with Crippen LogP contribution >= 0.6 is 0 Å². The molecule has 1 unspecified atom stereocenters. The van der Waals surface area contributed by atoms with Gasteiger partial charge in [-0.15, -0.1) is 0 Å². The molecule has 6 heteroatoms. The van der Waals surface area contributed by atoms with Crippen LogP contribution in [0.5, 0.6) is 0 Å². The Balaban J connectivity index is 4.31. The average Bonchev–Trinajstić information content (AvgIpc) is 3.47. The van der Waals surface area contributed by atoms with Crippen LogP contribution in [0.3, 0.4) is 0 Å². The van der Waals surface area contributed by atoms with Crippen molar-refractivity contribution in [1.82, 2.24) is 0 Å². The minimum atomic E-state index is -0.778. The van der Waals surface area contributed by atoms with Gasteiger partial charge in [-0.3, -0.25) is 14.4 Å². The Bertz CT molecular complexity index is 1410. The lowest BCUT2D eigenvalue weighted by Gasteiger charge is -2.18. The molecule has 0 aromatic heterocycles. The molecule has 0 heterocycles. The van der Waals surface area contributed by atoms with Crippen LogP contribution in [0.2, 0.25) is 0 Å². The summed E-state index contributed by atoms with van der Waals surface area (Å²) in [6.07, 6.45) is 90.0. The van der Waals surface area contributed by atoms with E-state index in [4.69, 9.17) is 14.2 Å². The van der Waals surface area contributed by atoms with Crippen molar-refractivity contribution in [3.63, 3.8) is 0 Å². The maximum Gasteiger partial charge on any atom is 0.306 e. The van der Waals surface area contributed by atoms with Crippen LogP contribution in [0.4, 0.5) is 0 Å². The highest BCUT2D eigenvalue weighted by Crippen LogP contribution is 2.18. The van der Waals surface area contributed by atoms with Gasteiger partial charge in [0.2, 0.25) is 0 Å². The van der Waals surface area contributed by atoms with Gasteiger partial charge in [0.1, 0.15) is 13.2 Å². The number of carbonyl (C=O) groups excluding carboxylic acids is 3. The Morgan fingerprint density at radius 2 is 0.439 bits per heavy atom. The molecule has 0 aliphatic rings. The molecule has 0 amide bonds. The molecule has 82 heavy (non-hydrogen) atoms. The molecular weight excluding hydrogens is 1010 g/mol. The first-order valence-corrected chi connectivity index (χ1v) is 36.6. The second-order valence-electron chi connectivity index (χ2n) is 24.9. The van der Waals surface area contributed by atoms with E-state index in [2.05, 4.69) is 69.4 Å². The summed E-state index contributed by atoms with van der Waals surface area (Å²) < 4.78 is 17.0. The molecule has 0 aromatic rings. The molecule has 6 nitrogen and oxygen atoms in total. The lowest BCUT2D eigenvalue weighted by Crippen LogP contribution is -2.30. The molecule has 1 atom stereocenters. The van der Waals surface area contributed by atoms with Crippen molar-refractivity contribution in [3.8, 4) is 0 Å². The van der Waals surface area contributed by atoms with Crippen molar-refractivity contribution < 1.29 is 28.6 Å².